The number of nitrogens with zero attached hydrogens (tertiary/aromatic N) is 2. The van der Waals surface area contributed by atoms with Crippen LogP contribution in [0.1, 0.15) is 19.8 Å². The molecule has 0 aromatic carbocycles. The van der Waals surface area contributed by atoms with Crippen molar-refractivity contribution in [3.05, 3.63) is 31.4 Å². The van der Waals surface area contributed by atoms with Crippen molar-refractivity contribution < 1.29 is 27.1 Å². The lowest BCUT2D eigenvalue weighted by molar-refractivity contribution is -0.696. The molecular weight excluding hydrogens is 296 g/mol. The van der Waals surface area contributed by atoms with Gasteiger partial charge in [-0.3, -0.25) is 0 Å². The number of rotatable bonds is 7. The lowest BCUT2D eigenvalue weighted by Gasteiger charge is -1.98. The van der Waals surface area contributed by atoms with Gasteiger partial charge in [0.05, 0.1) is 16.7 Å². The summed E-state index contributed by atoms with van der Waals surface area (Å²) in [5.41, 5.74) is 0. The second kappa shape index (κ2) is 10.1. The molecule has 1 aromatic rings. The van der Waals surface area contributed by atoms with E-state index in [1.807, 2.05) is 23.3 Å². The van der Waals surface area contributed by atoms with Gasteiger partial charge in [-0.1, -0.05) is 19.9 Å². The van der Waals surface area contributed by atoms with E-state index in [-0.39, 0.29) is 5.97 Å². The third-order valence-electron chi connectivity index (χ3n) is 2.28. The van der Waals surface area contributed by atoms with Crippen LogP contribution in [0.15, 0.2) is 31.4 Å². The number of hydrogen-bond acceptors (Lipinski definition) is 5. The van der Waals surface area contributed by atoms with E-state index in [1.54, 1.807) is 0 Å². The number of aryl methyl sites for hydroxylation is 1. The van der Waals surface area contributed by atoms with Gasteiger partial charge in [0, 0.05) is 12.3 Å². The number of hydrogen-bond donors (Lipinski definition) is 0. The number of esters is 1. The van der Waals surface area contributed by atoms with Crippen molar-refractivity contribution in [2.45, 2.75) is 32.9 Å². The van der Waals surface area contributed by atoms with Gasteiger partial charge in [0.1, 0.15) is 25.5 Å². The van der Waals surface area contributed by atoms with E-state index in [0.717, 1.165) is 6.54 Å². The van der Waals surface area contributed by atoms with Crippen LogP contribution in [-0.2, 0) is 32.7 Å². The zero-order valence-electron chi connectivity index (χ0n) is 12.4. The molecule has 0 bridgehead atoms. The topological polar surface area (TPSA) is 92.3 Å². The molecule has 0 fully saturated rings. The van der Waals surface area contributed by atoms with Gasteiger partial charge in [0.2, 0.25) is 6.33 Å². The number of aromatic nitrogens is 2. The van der Waals surface area contributed by atoms with Crippen LogP contribution in [0.2, 0.25) is 0 Å². The minimum Gasteiger partial charge on any atom is -0.748 e. The van der Waals surface area contributed by atoms with E-state index in [0.29, 0.717) is 19.4 Å². The van der Waals surface area contributed by atoms with Crippen molar-refractivity contribution in [1.29, 1.82) is 0 Å². The van der Waals surface area contributed by atoms with Crippen molar-refractivity contribution in [3.63, 3.8) is 0 Å². The third kappa shape index (κ3) is 13.1. The predicted octanol–water partition coefficient (Wildman–Crippen LogP) is 0.466. The molecule has 0 amide bonds. The molecule has 0 atom stereocenters. The van der Waals surface area contributed by atoms with Crippen molar-refractivity contribution >= 4 is 16.1 Å². The lowest BCUT2D eigenvalue weighted by Crippen LogP contribution is -2.30. The summed E-state index contributed by atoms with van der Waals surface area (Å²) in [5.74, 6) is -0.369. The molecule has 7 nitrogen and oxygen atoms in total. The maximum Gasteiger partial charge on any atom is 0.330 e. The molecule has 1 aromatic heterocycles. The van der Waals surface area contributed by atoms with Gasteiger partial charge >= 0.3 is 5.97 Å². The maximum atomic E-state index is 10.8. The highest BCUT2D eigenvalue weighted by atomic mass is 32.2. The average Bonchev–Trinajstić information content (AvgIpc) is 2.82. The van der Waals surface area contributed by atoms with Gasteiger partial charge in [-0.25, -0.2) is 22.3 Å². The predicted molar refractivity (Wildman–Crippen MR) is 76.3 cm³/mol. The van der Waals surface area contributed by atoms with Crippen LogP contribution in [-0.4, -0.2) is 36.4 Å². The molecule has 0 aliphatic carbocycles. The monoisotopic (exact) mass is 318 g/mol. The van der Waals surface area contributed by atoms with Crippen molar-refractivity contribution in [2.75, 3.05) is 12.9 Å². The summed E-state index contributed by atoms with van der Waals surface area (Å²) >= 11 is 0. The summed E-state index contributed by atoms with van der Waals surface area (Å²) in [5, 5.41) is 0. The van der Waals surface area contributed by atoms with Crippen LogP contribution < -0.4 is 4.57 Å². The molecule has 0 aliphatic rings. The lowest BCUT2D eigenvalue weighted by atomic mass is 10.3. The first-order chi connectivity index (χ1) is 9.76. The molecule has 0 spiro atoms. The molecule has 0 saturated carbocycles. The summed E-state index contributed by atoms with van der Waals surface area (Å²) in [6.07, 6.45) is 10.2. The Balaban J connectivity index is 0.000000690. The van der Waals surface area contributed by atoms with Crippen LogP contribution in [0.25, 0.3) is 0 Å². The summed E-state index contributed by atoms with van der Waals surface area (Å²) in [6.45, 7) is 7.61. The van der Waals surface area contributed by atoms with Gasteiger partial charge in [0.15, 0.2) is 0 Å². The Bertz CT molecular complexity index is 529. The number of carbonyl (C=O) groups is 1. The second-order valence-corrected chi connectivity index (χ2v) is 5.73. The molecule has 0 radical (unpaired) electrons. The fourth-order valence-electron chi connectivity index (χ4n) is 1.35. The normalized spacial score (nSPS) is 10.4. The quantitative estimate of drug-likeness (QED) is 0.315. The molecule has 120 valence electrons. The summed E-state index contributed by atoms with van der Waals surface area (Å²) < 4.78 is 36.3. The standard InChI is InChI=1S/C12H19N2O2.CH4O3S/c1-3-5-6-13-7-8-14(11-13)9-10-16-12(15)4-2;1-5(2,3)4/h4,7-8,11H,2-3,5-6,9-10H2,1H3;1H3,(H,2,3,4)/q+1;/p-1. The SMILES string of the molecule is C=CC(=O)OCCn1cc[n+](CCCC)c1.CS(=O)(=O)[O-]. The van der Waals surface area contributed by atoms with Crippen molar-refractivity contribution in [3.8, 4) is 0 Å². The van der Waals surface area contributed by atoms with E-state index in [9.17, 15) is 4.79 Å². The zero-order chi connectivity index (χ0) is 16.3. The molecule has 1 rings (SSSR count). The van der Waals surface area contributed by atoms with Crippen LogP contribution in [0, 0.1) is 0 Å². The molecule has 8 heteroatoms. The summed E-state index contributed by atoms with van der Waals surface area (Å²) in [6, 6.07) is 0. The first-order valence-corrected chi connectivity index (χ1v) is 8.32. The molecular formula is C13H22N2O5S. The molecule has 0 saturated heterocycles. The molecule has 1 heterocycles. The average molecular weight is 318 g/mol. The van der Waals surface area contributed by atoms with Crippen molar-refractivity contribution in [2.24, 2.45) is 0 Å². The Labute approximate surface area is 125 Å². The number of ether oxygens (including phenoxy) is 1. The van der Waals surface area contributed by atoms with Crippen LogP contribution in [0.3, 0.4) is 0 Å². The fourth-order valence-corrected chi connectivity index (χ4v) is 1.35. The van der Waals surface area contributed by atoms with Gasteiger partial charge in [0.25, 0.3) is 0 Å². The highest BCUT2D eigenvalue weighted by molar-refractivity contribution is 7.84. The Hall–Kier alpha value is -1.67. The van der Waals surface area contributed by atoms with E-state index in [1.165, 1.54) is 18.9 Å². The maximum absolute atomic E-state index is 10.8. The van der Waals surface area contributed by atoms with Crippen LogP contribution in [0.4, 0.5) is 0 Å². The Morgan fingerprint density at radius 2 is 2.14 bits per heavy atom. The van der Waals surface area contributed by atoms with Crippen LogP contribution in [0.5, 0.6) is 0 Å². The minimum atomic E-state index is -3.92. The van der Waals surface area contributed by atoms with Gasteiger partial charge in [-0.05, 0) is 6.42 Å². The molecule has 0 unspecified atom stereocenters. The van der Waals surface area contributed by atoms with E-state index >= 15 is 0 Å². The first-order valence-electron chi connectivity index (χ1n) is 6.51. The van der Waals surface area contributed by atoms with E-state index < -0.39 is 10.1 Å². The zero-order valence-corrected chi connectivity index (χ0v) is 13.2. The Kier molecular flexibility index (Phi) is 9.31. The van der Waals surface area contributed by atoms with E-state index in [4.69, 9.17) is 17.7 Å². The van der Waals surface area contributed by atoms with Gasteiger partial charge < -0.3 is 9.29 Å². The Morgan fingerprint density at radius 3 is 2.67 bits per heavy atom. The largest absolute Gasteiger partial charge is 0.748 e. The smallest absolute Gasteiger partial charge is 0.330 e. The number of unbranched alkanes of at least 4 members (excludes halogenated alkanes) is 1. The van der Waals surface area contributed by atoms with Crippen molar-refractivity contribution in [1.82, 2.24) is 4.57 Å². The number of imidazole rings is 1. The Morgan fingerprint density at radius 1 is 1.52 bits per heavy atom. The molecule has 0 N–H and O–H groups in total. The summed E-state index contributed by atoms with van der Waals surface area (Å²) in [7, 11) is -3.92. The van der Waals surface area contributed by atoms with Gasteiger partial charge in [-0.2, -0.15) is 0 Å². The summed E-state index contributed by atoms with van der Waals surface area (Å²) in [4.78, 5) is 10.8. The fraction of sp³-hybridized carbons (Fsp3) is 0.538. The van der Waals surface area contributed by atoms with Crippen LogP contribution >= 0.6 is 0 Å². The molecule has 0 aliphatic heterocycles. The third-order valence-corrected chi connectivity index (χ3v) is 2.28. The highest BCUT2D eigenvalue weighted by Gasteiger charge is 2.03. The highest BCUT2D eigenvalue weighted by Crippen LogP contribution is 1.90. The number of carbonyl (C=O) groups excluding carboxylic acids is 1. The molecule has 21 heavy (non-hydrogen) atoms. The first kappa shape index (κ1) is 19.3. The second-order valence-electron chi connectivity index (χ2n) is 4.32. The van der Waals surface area contributed by atoms with E-state index in [2.05, 4.69) is 18.1 Å². The minimum absolute atomic E-state index is 0.369. The van der Waals surface area contributed by atoms with Gasteiger partial charge in [-0.15, -0.1) is 0 Å².